The molecule has 0 bridgehead atoms. The van der Waals surface area contributed by atoms with Crippen molar-refractivity contribution in [3.05, 3.63) is 20.8 Å². The summed E-state index contributed by atoms with van der Waals surface area (Å²) in [6.45, 7) is 0.212. The summed E-state index contributed by atoms with van der Waals surface area (Å²) in [6, 6.07) is 0.713. The van der Waals surface area contributed by atoms with Gasteiger partial charge in [0.1, 0.15) is 12.6 Å². The number of amides is 3. The van der Waals surface area contributed by atoms with E-state index in [2.05, 4.69) is 26.6 Å². The van der Waals surface area contributed by atoms with Crippen molar-refractivity contribution in [2.24, 2.45) is 0 Å². The smallest absolute Gasteiger partial charge is 0.322 e. The Hall–Kier alpha value is -1.41. The summed E-state index contributed by atoms with van der Waals surface area (Å²) in [5, 5.41) is 6.42. The topological polar surface area (TPSA) is 84.5 Å². The van der Waals surface area contributed by atoms with Crippen molar-refractivity contribution in [3.63, 3.8) is 0 Å². The van der Waals surface area contributed by atoms with E-state index in [0.717, 1.165) is 9.35 Å². The third-order valence-corrected chi connectivity index (χ3v) is 4.07. The number of rotatable bonds is 5. The Labute approximate surface area is 121 Å². The first-order valence-electron chi connectivity index (χ1n) is 5.54. The van der Waals surface area contributed by atoms with Gasteiger partial charge in [-0.05, 0) is 33.8 Å². The Balaban J connectivity index is 1.70. The Morgan fingerprint density at radius 3 is 2.84 bits per heavy atom. The Bertz CT molecular complexity index is 517. The molecular weight excluding hydrogens is 336 g/mol. The van der Waals surface area contributed by atoms with E-state index in [-0.39, 0.29) is 19.4 Å². The predicted molar refractivity (Wildman–Crippen MR) is 71.5 cm³/mol. The number of urea groups is 1. The molecule has 2 rings (SSSR count). The highest BCUT2D eigenvalue weighted by Gasteiger charge is 2.29. The van der Waals surface area contributed by atoms with Crippen LogP contribution in [-0.2, 0) is 20.9 Å². The van der Waals surface area contributed by atoms with Crippen molar-refractivity contribution in [2.45, 2.75) is 25.5 Å². The van der Waals surface area contributed by atoms with Crippen molar-refractivity contribution in [1.82, 2.24) is 10.6 Å². The molecule has 1 fully saturated rings. The van der Waals surface area contributed by atoms with Crippen LogP contribution in [0.25, 0.3) is 0 Å². The number of hydrogen-bond donors (Lipinski definition) is 2. The lowest BCUT2D eigenvalue weighted by atomic mass is 10.1. The molecule has 0 radical (unpaired) electrons. The van der Waals surface area contributed by atoms with Gasteiger partial charge < -0.3 is 10.1 Å². The maximum Gasteiger partial charge on any atom is 0.322 e. The zero-order chi connectivity index (χ0) is 13.8. The molecule has 0 saturated carbocycles. The number of thiophene rings is 1. The van der Waals surface area contributed by atoms with Crippen LogP contribution in [0.1, 0.15) is 18.4 Å². The summed E-state index contributed by atoms with van der Waals surface area (Å²) in [5.74, 6) is -0.796. The van der Waals surface area contributed by atoms with Gasteiger partial charge in [0.15, 0.2) is 0 Å². The van der Waals surface area contributed by atoms with Gasteiger partial charge in [0, 0.05) is 12.0 Å². The quantitative estimate of drug-likeness (QED) is 0.625. The number of imide groups is 1. The summed E-state index contributed by atoms with van der Waals surface area (Å²) in [7, 11) is 0. The van der Waals surface area contributed by atoms with Gasteiger partial charge in [0.25, 0.3) is 5.91 Å². The van der Waals surface area contributed by atoms with Crippen molar-refractivity contribution in [1.29, 1.82) is 0 Å². The van der Waals surface area contributed by atoms with Crippen molar-refractivity contribution in [3.8, 4) is 0 Å². The van der Waals surface area contributed by atoms with Crippen LogP contribution in [0.5, 0.6) is 0 Å². The fraction of sp³-hybridized carbons (Fsp3) is 0.364. The van der Waals surface area contributed by atoms with E-state index in [9.17, 15) is 14.4 Å². The molecule has 0 unspecified atom stereocenters. The van der Waals surface area contributed by atoms with E-state index in [1.54, 1.807) is 0 Å². The molecule has 8 heteroatoms. The highest BCUT2D eigenvalue weighted by Crippen LogP contribution is 2.21. The molecule has 19 heavy (non-hydrogen) atoms. The van der Waals surface area contributed by atoms with E-state index < -0.39 is 23.9 Å². The second-order valence-corrected chi connectivity index (χ2v) is 6.26. The van der Waals surface area contributed by atoms with Gasteiger partial charge in [0.2, 0.25) is 0 Å². The molecule has 1 aromatic heterocycles. The molecule has 2 N–H and O–H groups in total. The van der Waals surface area contributed by atoms with Gasteiger partial charge in [-0.1, -0.05) is 0 Å². The van der Waals surface area contributed by atoms with Crippen LogP contribution >= 0.6 is 27.3 Å². The maximum absolute atomic E-state index is 11.5. The number of esters is 1. The molecule has 2 heterocycles. The lowest BCUT2D eigenvalue weighted by Gasteiger charge is -2.06. The van der Waals surface area contributed by atoms with Gasteiger partial charge in [-0.15, -0.1) is 11.3 Å². The SMILES string of the molecule is O=C1NC(=O)[C@H](CCC(=O)OCc2csc(Br)c2)N1. The van der Waals surface area contributed by atoms with E-state index >= 15 is 0 Å². The van der Waals surface area contributed by atoms with Crippen LogP contribution in [0.2, 0.25) is 0 Å². The molecule has 1 aliphatic heterocycles. The maximum atomic E-state index is 11.5. The highest BCUT2D eigenvalue weighted by atomic mass is 79.9. The number of halogens is 1. The fourth-order valence-corrected chi connectivity index (χ4v) is 2.78. The van der Waals surface area contributed by atoms with Crippen molar-refractivity contribution in [2.75, 3.05) is 0 Å². The number of hydrogen-bond acceptors (Lipinski definition) is 5. The Morgan fingerprint density at radius 1 is 1.47 bits per heavy atom. The number of ether oxygens (including phenoxy) is 1. The molecule has 1 aliphatic rings. The second-order valence-electron chi connectivity index (χ2n) is 3.97. The molecule has 6 nitrogen and oxygen atoms in total. The minimum atomic E-state index is -0.643. The third kappa shape index (κ3) is 4.03. The van der Waals surface area contributed by atoms with Gasteiger partial charge in [-0.3, -0.25) is 14.9 Å². The molecule has 0 aromatic carbocycles. The van der Waals surface area contributed by atoms with Crippen LogP contribution in [0.4, 0.5) is 4.79 Å². The normalized spacial score (nSPS) is 18.1. The summed E-state index contributed by atoms with van der Waals surface area (Å²) < 4.78 is 6.04. The standard InChI is InChI=1S/C11H11BrN2O4S/c12-8-3-6(5-19-8)4-18-9(15)2-1-7-10(16)14-11(17)13-7/h3,5,7H,1-2,4H2,(H2,13,14,16,17)/t7-/m0/s1. The van der Waals surface area contributed by atoms with Crippen molar-refractivity contribution >= 4 is 45.2 Å². The van der Waals surface area contributed by atoms with Crippen molar-refractivity contribution < 1.29 is 19.1 Å². The molecule has 0 spiro atoms. The third-order valence-electron chi connectivity index (χ3n) is 2.52. The summed E-state index contributed by atoms with van der Waals surface area (Å²) in [4.78, 5) is 33.6. The largest absolute Gasteiger partial charge is 0.461 e. The van der Waals surface area contributed by atoms with E-state index in [4.69, 9.17) is 4.74 Å². The van der Waals surface area contributed by atoms with Crippen LogP contribution in [0.3, 0.4) is 0 Å². The zero-order valence-corrected chi connectivity index (χ0v) is 12.2. The Kier molecular flexibility index (Phi) is 4.54. The molecule has 0 aliphatic carbocycles. The Morgan fingerprint density at radius 2 is 2.26 bits per heavy atom. The van der Waals surface area contributed by atoms with Gasteiger partial charge in [-0.25, -0.2) is 4.79 Å². The molecule has 3 amide bonds. The molecule has 1 aromatic rings. The molecular formula is C11H11BrN2O4S. The van der Waals surface area contributed by atoms with E-state index in [0.29, 0.717) is 0 Å². The van der Waals surface area contributed by atoms with E-state index in [1.807, 2.05) is 11.4 Å². The lowest BCUT2D eigenvalue weighted by molar-refractivity contribution is -0.145. The lowest BCUT2D eigenvalue weighted by Crippen LogP contribution is -2.29. The minimum Gasteiger partial charge on any atom is -0.461 e. The molecule has 1 atom stereocenters. The fourth-order valence-electron chi connectivity index (χ4n) is 1.58. The van der Waals surface area contributed by atoms with Gasteiger partial charge >= 0.3 is 12.0 Å². The first-order chi connectivity index (χ1) is 9.04. The average molecular weight is 347 g/mol. The summed E-state index contributed by atoms with van der Waals surface area (Å²) in [5.41, 5.74) is 0.914. The first kappa shape index (κ1) is 14.0. The van der Waals surface area contributed by atoms with Crippen LogP contribution < -0.4 is 10.6 Å². The zero-order valence-electron chi connectivity index (χ0n) is 9.77. The molecule has 102 valence electrons. The van der Waals surface area contributed by atoms with Gasteiger partial charge in [0.05, 0.1) is 3.79 Å². The van der Waals surface area contributed by atoms with Crippen LogP contribution in [0, 0.1) is 0 Å². The monoisotopic (exact) mass is 346 g/mol. The van der Waals surface area contributed by atoms with Crippen LogP contribution in [0.15, 0.2) is 15.2 Å². The summed E-state index contributed by atoms with van der Waals surface area (Å²) in [6.07, 6.45) is 0.327. The number of nitrogens with one attached hydrogen (secondary N) is 2. The summed E-state index contributed by atoms with van der Waals surface area (Å²) >= 11 is 4.84. The van der Waals surface area contributed by atoms with Gasteiger partial charge in [-0.2, -0.15) is 0 Å². The second kappa shape index (κ2) is 6.16. The number of carbonyl (C=O) groups is 3. The number of carbonyl (C=O) groups excluding carboxylic acids is 3. The first-order valence-corrected chi connectivity index (χ1v) is 7.22. The highest BCUT2D eigenvalue weighted by molar-refractivity contribution is 9.11. The predicted octanol–water partition coefficient (Wildman–Crippen LogP) is 1.54. The minimum absolute atomic E-state index is 0.0870. The van der Waals surface area contributed by atoms with E-state index in [1.165, 1.54) is 11.3 Å². The molecule has 1 saturated heterocycles. The average Bonchev–Trinajstić information content (AvgIpc) is 2.90. The van der Waals surface area contributed by atoms with Crippen LogP contribution in [-0.4, -0.2) is 23.9 Å².